The Morgan fingerprint density at radius 2 is 2.33 bits per heavy atom. The standard InChI is InChI=1S/C15H15N3O2S/c1-2-8-16-12(19)7-6-11-17-14(20)13-9-4-3-5-10(9)21-15(13)18-11/h1H,3-8H2,(H,16,19)(H,17,18,20). The molecule has 0 radical (unpaired) electrons. The Hall–Kier alpha value is -2.13. The quantitative estimate of drug-likeness (QED) is 0.832. The number of hydrogen-bond acceptors (Lipinski definition) is 4. The maximum absolute atomic E-state index is 12.2. The third-order valence-electron chi connectivity index (χ3n) is 3.60. The number of thiophene rings is 1. The van der Waals surface area contributed by atoms with E-state index in [2.05, 4.69) is 21.2 Å². The van der Waals surface area contributed by atoms with E-state index >= 15 is 0 Å². The van der Waals surface area contributed by atoms with Crippen LogP contribution in [0.4, 0.5) is 0 Å². The average molecular weight is 301 g/mol. The van der Waals surface area contributed by atoms with Crippen molar-refractivity contribution in [2.45, 2.75) is 32.1 Å². The van der Waals surface area contributed by atoms with Crippen molar-refractivity contribution in [2.75, 3.05) is 6.54 Å². The molecule has 0 bridgehead atoms. The lowest BCUT2D eigenvalue weighted by Gasteiger charge is -2.02. The zero-order valence-corrected chi connectivity index (χ0v) is 12.3. The van der Waals surface area contributed by atoms with E-state index in [1.165, 1.54) is 10.4 Å². The fourth-order valence-corrected chi connectivity index (χ4v) is 3.92. The van der Waals surface area contributed by atoms with E-state index in [1.807, 2.05) is 0 Å². The monoisotopic (exact) mass is 301 g/mol. The third kappa shape index (κ3) is 2.69. The molecule has 1 aliphatic carbocycles. The summed E-state index contributed by atoms with van der Waals surface area (Å²) >= 11 is 1.60. The van der Waals surface area contributed by atoms with Gasteiger partial charge in [0.15, 0.2) is 0 Å². The van der Waals surface area contributed by atoms with Gasteiger partial charge in [-0.1, -0.05) is 5.92 Å². The number of terminal acetylenes is 1. The van der Waals surface area contributed by atoms with Crippen molar-refractivity contribution in [1.82, 2.24) is 15.3 Å². The van der Waals surface area contributed by atoms with Crippen LogP contribution in [0.25, 0.3) is 10.2 Å². The molecule has 3 rings (SSSR count). The van der Waals surface area contributed by atoms with Gasteiger partial charge in [-0.15, -0.1) is 17.8 Å². The summed E-state index contributed by atoms with van der Waals surface area (Å²) in [5.74, 6) is 2.77. The van der Waals surface area contributed by atoms with E-state index in [9.17, 15) is 9.59 Å². The number of carbonyl (C=O) groups excluding carboxylic acids is 1. The fourth-order valence-electron chi connectivity index (χ4n) is 2.64. The van der Waals surface area contributed by atoms with Gasteiger partial charge >= 0.3 is 0 Å². The second-order valence-electron chi connectivity index (χ2n) is 5.03. The fraction of sp³-hybridized carbons (Fsp3) is 0.400. The molecule has 0 aliphatic heterocycles. The number of hydrogen-bond donors (Lipinski definition) is 2. The summed E-state index contributed by atoms with van der Waals surface area (Å²) in [5, 5.41) is 3.34. The highest BCUT2D eigenvalue weighted by atomic mass is 32.1. The maximum atomic E-state index is 12.2. The molecule has 108 valence electrons. The van der Waals surface area contributed by atoms with Gasteiger partial charge in [0.1, 0.15) is 10.7 Å². The Balaban J connectivity index is 1.80. The van der Waals surface area contributed by atoms with Crippen LogP contribution in [0.15, 0.2) is 4.79 Å². The molecule has 0 saturated heterocycles. The Bertz CT molecular complexity index is 798. The van der Waals surface area contributed by atoms with Crippen LogP contribution in [-0.2, 0) is 24.1 Å². The number of carbonyl (C=O) groups is 1. The van der Waals surface area contributed by atoms with Gasteiger partial charge in [0.05, 0.1) is 11.9 Å². The first kappa shape index (κ1) is 13.8. The highest BCUT2D eigenvalue weighted by Gasteiger charge is 2.21. The number of amides is 1. The van der Waals surface area contributed by atoms with Crippen LogP contribution in [-0.4, -0.2) is 22.4 Å². The van der Waals surface area contributed by atoms with E-state index in [1.54, 1.807) is 11.3 Å². The van der Waals surface area contributed by atoms with Crippen LogP contribution < -0.4 is 10.9 Å². The summed E-state index contributed by atoms with van der Waals surface area (Å²) in [5.41, 5.74) is 1.08. The summed E-state index contributed by atoms with van der Waals surface area (Å²) in [4.78, 5) is 33.1. The van der Waals surface area contributed by atoms with Crippen molar-refractivity contribution < 1.29 is 4.79 Å². The van der Waals surface area contributed by atoms with Crippen molar-refractivity contribution in [1.29, 1.82) is 0 Å². The molecule has 1 amide bonds. The highest BCUT2D eigenvalue weighted by molar-refractivity contribution is 7.18. The zero-order chi connectivity index (χ0) is 14.8. The average Bonchev–Trinajstić information content (AvgIpc) is 3.02. The van der Waals surface area contributed by atoms with Crippen molar-refractivity contribution >= 4 is 27.5 Å². The third-order valence-corrected chi connectivity index (χ3v) is 4.79. The van der Waals surface area contributed by atoms with Crippen LogP contribution in [0, 0.1) is 12.3 Å². The summed E-state index contributed by atoms with van der Waals surface area (Å²) in [7, 11) is 0. The number of rotatable bonds is 4. The van der Waals surface area contributed by atoms with Gasteiger partial charge in [-0.2, -0.15) is 0 Å². The zero-order valence-electron chi connectivity index (χ0n) is 11.5. The van der Waals surface area contributed by atoms with Crippen LogP contribution in [0.1, 0.15) is 29.1 Å². The lowest BCUT2D eigenvalue weighted by molar-refractivity contribution is -0.120. The second kappa shape index (κ2) is 5.70. The maximum Gasteiger partial charge on any atom is 0.259 e. The summed E-state index contributed by atoms with van der Waals surface area (Å²) in [6.45, 7) is 0.222. The molecule has 0 aromatic carbocycles. The van der Waals surface area contributed by atoms with E-state index in [0.717, 1.165) is 29.5 Å². The Kier molecular flexibility index (Phi) is 3.76. The van der Waals surface area contributed by atoms with E-state index < -0.39 is 0 Å². The number of fused-ring (bicyclic) bond motifs is 3. The Morgan fingerprint density at radius 1 is 1.48 bits per heavy atom. The molecule has 0 unspecified atom stereocenters. The first-order valence-electron chi connectivity index (χ1n) is 6.92. The van der Waals surface area contributed by atoms with Crippen molar-refractivity contribution in [3.05, 3.63) is 26.6 Å². The van der Waals surface area contributed by atoms with Gasteiger partial charge in [0.2, 0.25) is 5.91 Å². The summed E-state index contributed by atoms with van der Waals surface area (Å²) < 4.78 is 0. The second-order valence-corrected chi connectivity index (χ2v) is 6.11. The predicted octanol–water partition coefficient (Wildman–Crippen LogP) is 1.16. The van der Waals surface area contributed by atoms with Crippen LogP contribution in [0.3, 0.4) is 0 Å². The molecule has 2 N–H and O–H groups in total. The summed E-state index contributed by atoms with van der Waals surface area (Å²) in [6, 6.07) is 0. The molecular weight excluding hydrogens is 286 g/mol. The Labute approximate surface area is 125 Å². The molecule has 2 aromatic heterocycles. The number of aromatic nitrogens is 2. The Morgan fingerprint density at radius 3 is 3.14 bits per heavy atom. The lowest BCUT2D eigenvalue weighted by atomic mass is 10.2. The molecule has 6 heteroatoms. The largest absolute Gasteiger partial charge is 0.345 e. The number of aryl methyl sites for hydroxylation is 3. The molecular formula is C15H15N3O2S. The minimum absolute atomic E-state index is 0.0848. The minimum atomic E-state index is -0.135. The smallest absolute Gasteiger partial charge is 0.259 e. The number of nitrogens with one attached hydrogen (secondary N) is 2. The van der Waals surface area contributed by atoms with Crippen molar-refractivity contribution in [3.63, 3.8) is 0 Å². The highest BCUT2D eigenvalue weighted by Crippen LogP contribution is 2.34. The molecule has 2 heterocycles. The molecule has 21 heavy (non-hydrogen) atoms. The topological polar surface area (TPSA) is 74.8 Å². The van der Waals surface area contributed by atoms with Gasteiger partial charge in [-0.3, -0.25) is 9.59 Å². The SMILES string of the molecule is C#CCNC(=O)CCc1nc2sc3c(c2c(=O)[nH]1)CCC3. The van der Waals surface area contributed by atoms with E-state index in [0.29, 0.717) is 12.2 Å². The van der Waals surface area contributed by atoms with Gasteiger partial charge in [-0.05, 0) is 24.8 Å². The minimum Gasteiger partial charge on any atom is -0.345 e. The number of nitrogens with zero attached hydrogens (tertiary/aromatic N) is 1. The van der Waals surface area contributed by atoms with E-state index in [-0.39, 0.29) is 24.4 Å². The molecule has 0 fully saturated rings. The molecule has 0 spiro atoms. The molecule has 2 aromatic rings. The van der Waals surface area contributed by atoms with Gasteiger partial charge in [0, 0.05) is 17.7 Å². The van der Waals surface area contributed by atoms with E-state index in [4.69, 9.17) is 6.42 Å². The normalized spacial score (nSPS) is 13.1. The van der Waals surface area contributed by atoms with Crippen molar-refractivity contribution in [2.24, 2.45) is 0 Å². The van der Waals surface area contributed by atoms with Gasteiger partial charge < -0.3 is 10.3 Å². The first-order valence-corrected chi connectivity index (χ1v) is 7.74. The molecule has 5 nitrogen and oxygen atoms in total. The van der Waals surface area contributed by atoms with Crippen LogP contribution in [0.2, 0.25) is 0 Å². The first-order chi connectivity index (χ1) is 10.2. The molecule has 0 saturated carbocycles. The lowest BCUT2D eigenvalue weighted by Crippen LogP contribution is -2.24. The van der Waals surface area contributed by atoms with Gasteiger partial charge in [0.25, 0.3) is 5.56 Å². The van der Waals surface area contributed by atoms with Crippen molar-refractivity contribution in [3.8, 4) is 12.3 Å². The van der Waals surface area contributed by atoms with Crippen LogP contribution >= 0.6 is 11.3 Å². The number of H-pyrrole nitrogens is 1. The molecule has 1 aliphatic rings. The van der Waals surface area contributed by atoms with Gasteiger partial charge in [-0.25, -0.2) is 4.98 Å². The predicted molar refractivity (Wildman–Crippen MR) is 82.4 cm³/mol. The summed E-state index contributed by atoms with van der Waals surface area (Å²) in [6.07, 6.45) is 8.88. The molecule has 0 atom stereocenters. The number of aromatic amines is 1. The van der Waals surface area contributed by atoms with Crippen LogP contribution in [0.5, 0.6) is 0 Å².